The van der Waals surface area contributed by atoms with Crippen LogP contribution in [-0.2, 0) is 14.3 Å². The van der Waals surface area contributed by atoms with Crippen LogP contribution in [0.2, 0.25) is 0 Å². The number of ether oxygens (including phenoxy) is 1. The standard InChI is InChI=1S/C16H19N3O7/c20-14(18-7-8-26-13(10-18)9-15(21)22)5-6-17-16(23)11-1-3-12(4-2-11)19(24)25/h1-4,13H,5-10H2,(H,17,23)(H,21,22). The number of hydrogen-bond donors (Lipinski definition) is 2. The highest BCUT2D eigenvalue weighted by Crippen LogP contribution is 2.12. The van der Waals surface area contributed by atoms with Crippen molar-refractivity contribution in [3.63, 3.8) is 0 Å². The van der Waals surface area contributed by atoms with E-state index < -0.39 is 22.9 Å². The molecule has 1 aliphatic rings. The summed E-state index contributed by atoms with van der Waals surface area (Å²) in [7, 11) is 0. The predicted molar refractivity (Wildman–Crippen MR) is 88.6 cm³/mol. The summed E-state index contributed by atoms with van der Waals surface area (Å²) < 4.78 is 5.30. The molecular formula is C16H19N3O7. The number of hydrogen-bond acceptors (Lipinski definition) is 6. The van der Waals surface area contributed by atoms with Crippen molar-refractivity contribution in [1.29, 1.82) is 0 Å². The molecule has 1 atom stereocenters. The number of rotatable bonds is 7. The highest BCUT2D eigenvalue weighted by Gasteiger charge is 2.25. The maximum absolute atomic E-state index is 12.2. The maximum atomic E-state index is 12.2. The number of amides is 2. The van der Waals surface area contributed by atoms with Gasteiger partial charge >= 0.3 is 5.97 Å². The fraction of sp³-hybridized carbons (Fsp3) is 0.438. The molecule has 10 nitrogen and oxygen atoms in total. The van der Waals surface area contributed by atoms with Gasteiger partial charge in [-0.15, -0.1) is 0 Å². The van der Waals surface area contributed by atoms with Crippen LogP contribution in [-0.4, -0.2) is 65.1 Å². The lowest BCUT2D eigenvalue weighted by Gasteiger charge is -2.32. The molecule has 1 saturated heterocycles. The van der Waals surface area contributed by atoms with E-state index in [2.05, 4.69) is 5.32 Å². The van der Waals surface area contributed by atoms with Crippen LogP contribution < -0.4 is 5.32 Å². The van der Waals surface area contributed by atoms with Gasteiger partial charge in [-0.25, -0.2) is 0 Å². The Hall–Kier alpha value is -3.01. The number of benzene rings is 1. The Morgan fingerprint density at radius 2 is 2.00 bits per heavy atom. The van der Waals surface area contributed by atoms with Crippen LogP contribution in [0.1, 0.15) is 23.2 Å². The molecule has 0 saturated carbocycles. The van der Waals surface area contributed by atoms with Crippen molar-refractivity contribution in [2.45, 2.75) is 18.9 Å². The van der Waals surface area contributed by atoms with Crippen LogP contribution in [0.3, 0.4) is 0 Å². The number of carboxylic acids is 1. The Morgan fingerprint density at radius 1 is 1.31 bits per heavy atom. The van der Waals surface area contributed by atoms with Crippen molar-refractivity contribution in [3.05, 3.63) is 39.9 Å². The van der Waals surface area contributed by atoms with E-state index in [0.717, 1.165) is 0 Å². The lowest BCUT2D eigenvalue weighted by Crippen LogP contribution is -2.47. The summed E-state index contributed by atoms with van der Waals surface area (Å²) >= 11 is 0. The molecule has 2 N–H and O–H groups in total. The zero-order valence-corrected chi connectivity index (χ0v) is 13.9. The summed E-state index contributed by atoms with van der Waals surface area (Å²) in [6.45, 7) is 0.973. The van der Waals surface area contributed by atoms with Gasteiger partial charge in [0.05, 0.1) is 24.1 Å². The van der Waals surface area contributed by atoms with Crippen molar-refractivity contribution >= 4 is 23.5 Å². The fourth-order valence-electron chi connectivity index (χ4n) is 2.54. The van der Waals surface area contributed by atoms with Gasteiger partial charge in [-0.3, -0.25) is 24.5 Å². The third-order valence-electron chi connectivity index (χ3n) is 3.86. The molecule has 140 valence electrons. The van der Waals surface area contributed by atoms with E-state index in [0.29, 0.717) is 6.54 Å². The number of carboxylic acid groups (broad SMARTS) is 1. The molecule has 10 heteroatoms. The maximum Gasteiger partial charge on any atom is 0.306 e. The third-order valence-corrected chi connectivity index (χ3v) is 3.86. The van der Waals surface area contributed by atoms with Gasteiger partial charge in [-0.2, -0.15) is 0 Å². The summed E-state index contributed by atoms with van der Waals surface area (Å²) in [5.41, 5.74) is 0.149. The molecule has 0 bridgehead atoms. The van der Waals surface area contributed by atoms with Crippen LogP contribution in [0.25, 0.3) is 0 Å². The summed E-state index contributed by atoms with van der Waals surface area (Å²) in [5, 5.41) is 21.9. The monoisotopic (exact) mass is 365 g/mol. The SMILES string of the molecule is O=C(O)CC1CN(C(=O)CCNC(=O)c2ccc([N+](=O)[O-])cc2)CCO1. The Bertz CT molecular complexity index is 690. The first-order chi connectivity index (χ1) is 12.4. The number of aliphatic carboxylic acids is 1. The minimum absolute atomic E-state index is 0.0680. The van der Waals surface area contributed by atoms with E-state index in [9.17, 15) is 24.5 Å². The minimum atomic E-state index is -0.986. The summed E-state index contributed by atoms with van der Waals surface area (Å²) in [6.07, 6.45) is -0.626. The van der Waals surface area contributed by atoms with Crippen molar-refractivity contribution in [3.8, 4) is 0 Å². The molecule has 0 spiro atoms. The quantitative estimate of drug-likeness (QED) is 0.527. The van der Waals surface area contributed by atoms with Gasteiger partial charge in [0.1, 0.15) is 0 Å². The normalized spacial score (nSPS) is 16.8. The van der Waals surface area contributed by atoms with E-state index in [1.54, 1.807) is 0 Å². The average molecular weight is 365 g/mol. The van der Waals surface area contributed by atoms with Gasteiger partial charge in [0, 0.05) is 43.8 Å². The minimum Gasteiger partial charge on any atom is -0.481 e. The second-order valence-corrected chi connectivity index (χ2v) is 5.74. The number of carbonyl (C=O) groups is 3. The van der Waals surface area contributed by atoms with Crippen LogP contribution in [0.15, 0.2) is 24.3 Å². The van der Waals surface area contributed by atoms with Gasteiger partial charge in [0.25, 0.3) is 11.6 Å². The zero-order valence-electron chi connectivity index (χ0n) is 13.9. The molecule has 26 heavy (non-hydrogen) atoms. The van der Waals surface area contributed by atoms with Gasteiger partial charge < -0.3 is 20.1 Å². The number of nitrogens with zero attached hydrogens (tertiary/aromatic N) is 2. The third kappa shape index (κ3) is 5.52. The molecule has 0 radical (unpaired) electrons. The Kier molecular flexibility index (Phi) is 6.61. The van der Waals surface area contributed by atoms with Gasteiger partial charge in [-0.1, -0.05) is 0 Å². The first kappa shape index (κ1) is 19.3. The Morgan fingerprint density at radius 3 is 2.62 bits per heavy atom. The van der Waals surface area contributed by atoms with E-state index in [-0.39, 0.29) is 49.7 Å². The molecule has 2 amide bonds. The van der Waals surface area contributed by atoms with Crippen molar-refractivity contribution < 1.29 is 29.2 Å². The Balaban J connectivity index is 1.77. The molecule has 1 heterocycles. The number of morpholine rings is 1. The zero-order chi connectivity index (χ0) is 19.1. The molecular weight excluding hydrogens is 346 g/mol. The number of non-ortho nitro benzene ring substituents is 1. The van der Waals surface area contributed by atoms with Crippen molar-refractivity contribution in [2.75, 3.05) is 26.2 Å². The molecule has 0 aromatic heterocycles. The number of nitro groups is 1. The van der Waals surface area contributed by atoms with Crippen LogP contribution in [0, 0.1) is 10.1 Å². The Labute approximate surface area is 148 Å². The fourth-order valence-corrected chi connectivity index (χ4v) is 2.54. The van der Waals surface area contributed by atoms with Crippen molar-refractivity contribution in [2.24, 2.45) is 0 Å². The smallest absolute Gasteiger partial charge is 0.306 e. The second-order valence-electron chi connectivity index (χ2n) is 5.74. The number of carbonyl (C=O) groups excluding carboxylic acids is 2. The van der Waals surface area contributed by atoms with Crippen molar-refractivity contribution in [1.82, 2.24) is 10.2 Å². The van der Waals surface area contributed by atoms with Crippen LogP contribution in [0.5, 0.6) is 0 Å². The summed E-state index contributed by atoms with van der Waals surface area (Å²) in [4.78, 5) is 46.4. The van der Waals surface area contributed by atoms with E-state index in [1.165, 1.54) is 29.2 Å². The van der Waals surface area contributed by atoms with E-state index in [1.807, 2.05) is 0 Å². The average Bonchev–Trinajstić information content (AvgIpc) is 2.61. The molecule has 1 fully saturated rings. The van der Waals surface area contributed by atoms with Gasteiger partial charge in [-0.05, 0) is 12.1 Å². The number of nitrogens with one attached hydrogen (secondary N) is 1. The molecule has 1 aromatic carbocycles. The molecule has 1 aliphatic heterocycles. The first-order valence-corrected chi connectivity index (χ1v) is 8.00. The lowest BCUT2D eigenvalue weighted by molar-refractivity contribution is -0.384. The van der Waals surface area contributed by atoms with E-state index >= 15 is 0 Å². The molecule has 1 unspecified atom stereocenters. The largest absolute Gasteiger partial charge is 0.481 e. The van der Waals surface area contributed by atoms with Gasteiger partial charge in [0.15, 0.2) is 0 Å². The van der Waals surface area contributed by atoms with Crippen LogP contribution in [0.4, 0.5) is 5.69 Å². The topological polar surface area (TPSA) is 139 Å². The van der Waals surface area contributed by atoms with Gasteiger partial charge in [0.2, 0.25) is 5.91 Å². The summed E-state index contributed by atoms with van der Waals surface area (Å²) in [5.74, 6) is -1.62. The highest BCUT2D eigenvalue weighted by molar-refractivity contribution is 5.94. The van der Waals surface area contributed by atoms with Crippen LogP contribution >= 0.6 is 0 Å². The molecule has 0 aliphatic carbocycles. The first-order valence-electron chi connectivity index (χ1n) is 8.00. The molecule has 1 aromatic rings. The number of nitro benzene ring substituents is 1. The molecule has 2 rings (SSSR count). The predicted octanol–water partition coefficient (Wildman–Crippen LogP) is 0.417. The second kappa shape index (κ2) is 8.90. The van der Waals surface area contributed by atoms with E-state index in [4.69, 9.17) is 9.84 Å². The lowest BCUT2D eigenvalue weighted by atomic mass is 10.2. The summed E-state index contributed by atoms with van der Waals surface area (Å²) in [6, 6.07) is 5.15. The highest BCUT2D eigenvalue weighted by atomic mass is 16.6.